The third-order valence-electron chi connectivity index (χ3n) is 3.82. The molecule has 0 spiro atoms. The lowest BCUT2D eigenvalue weighted by molar-refractivity contribution is -0.116. The zero-order chi connectivity index (χ0) is 14.7. The molecule has 0 saturated heterocycles. The standard InChI is InChI=1S/C18H18N2O/c19-16-6-3-4-13(10-16)8-9-18(21)20-12-15-11-14-5-1-2-7-17(14)15/h1-10,15H,11-12,19H2,(H,20,21)/b9-8+. The summed E-state index contributed by atoms with van der Waals surface area (Å²) >= 11 is 0. The fourth-order valence-corrected chi connectivity index (χ4v) is 2.66. The number of carbonyl (C=O) groups is 1. The minimum absolute atomic E-state index is 0.0678. The van der Waals surface area contributed by atoms with Gasteiger partial charge < -0.3 is 11.1 Å². The van der Waals surface area contributed by atoms with E-state index < -0.39 is 0 Å². The molecule has 3 nitrogen and oxygen atoms in total. The van der Waals surface area contributed by atoms with E-state index in [1.54, 1.807) is 12.2 Å². The number of benzene rings is 2. The van der Waals surface area contributed by atoms with E-state index in [1.807, 2.05) is 30.3 Å². The van der Waals surface area contributed by atoms with Crippen LogP contribution in [-0.2, 0) is 11.2 Å². The van der Waals surface area contributed by atoms with Gasteiger partial charge in [-0.2, -0.15) is 0 Å². The highest BCUT2D eigenvalue weighted by molar-refractivity contribution is 5.91. The molecule has 106 valence electrons. The first-order valence-electron chi connectivity index (χ1n) is 7.11. The zero-order valence-electron chi connectivity index (χ0n) is 11.8. The molecule has 21 heavy (non-hydrogen) atoms. The molecular weight excluding hydrogens is 260 g/mol. The first-order valence-corrected chi connectivity index (χ1v) is 7.11. The molecule has 2 aromatic carbocycles. The first kappa shape index (κ1) is 13.4. The SMILES string of the molecule is Nc1cccc(/C=C/C(=O)NCC2Cc3ccccc32)c1. The summed E-state index contributed by atoms with van der Waals surface area (Å²) in [4.78, 5) is 11.8. The number of amides is 1. The molecule has 0 radical (unpaired) electrons. The fourth-order valence-electron chi connectivity index (χ4n) is 2.66. The van der Waals surface area contributed by atoms with Crippen LogP contribution in [-0.4, -0.2) is 12.5 Å². The number of rotatable bonds is 4. The van der Waals surface area contributed by atoms with Crippen molar-refractivity contribution >= 4 is 17.7 Å². The molecule has 1 amide bonds. The van der Waals surface area contributed by atoms with Gasteiger partial charge in [0.15, 0.2) is 0 Å². The predicted molar refractivity (Wildman–Crippen MR) is 85.8 cm³/mol. The van der Waals surface area contributed by atoms with E-state index in [2.05, 4.69) is 23.5 Å². The molecular formula is C18H18N2O. The molecule has 0 aromatic heterocycles. The second kappa shape index (κ2) is 5.83. The van der Waals surface area contributed by atoms with Crippen LogP contribution >= 0.6 is 0 Å². The van der Waals surface area contributed by atoms with Crippen LogP contribution in [0.3, 0.4) is 0 Å². The number of anilines is 1. The van der Waals surface area contributed by atoms with Crippen LogP contribution in [0.1, 0.15) is 22.6 Å². The Bertz CT molecular complexity index is 691. The highest BCUT2D eigenvalue weighted by atomic mass is 16.1. The maximum Gasteiger partial charge on any atom is 0.244 e. The van der Waals surface area contributed by atoms with Crippen LogP contribution in [0.2, 0.25) is 0 Å². The molecule has 1 aliphatic rings. The molecule has 1 atom stereocenters. The smallest absolute Gasteiger partial charge is 0.244 e. The molecule has 3 heteroatoms. The van der Waals surface area contributed by atoms with Crippen LogP contribution in [0.15, 0.2) is 54.6 Å². The van der Waals surface area contributed by atoms with Crippen molar-refractivity contribution in [2.75, 3.05) is 12.3 Å². The van der Waals surface area contributed by atoms with Gasteiger partial charge in [-0.25, -0.2) is 0 Å². The second-order valence-corrected chi connectivity index (χ2v) is 5.35. The van der Waals surface area contributed by atoms with Gasteiger partial charge in [-0.05, 0) is 41.3 Å². The Labute approximate surface area is 124 Å². The summed E-state index contributed by atoms with van der Waals surface area (Å²) in [6.45, 7) is 0.692. The van der Waals surface area contributed by atoms with Crippen molar-refractivity contribution in [2.24, 2.45) is 0 Å². The number of nitrogens with two attached hydrogens (primary N) is 1. The van der Waals surface area contributed by atoms with Crippen molar-refractivity contribution in [3.05, 3.63) is 71.3 Å². The van der Waals surface area contributed by atoms with Gasteiger partial charge in [-0.1, -0.05) is 36.4 Å². The van der Waals surface area contributed by atoms with Gasteiger partial charge in [-0.15, -0.1) is 0 Å². The molecule has 0 saturated carbocycles. The van der Waals surface area contributed by atoms with Gasteiger partial charge in [0.1, 0.15) is 0 Å². The number of fused-ring (bicyclic) bond motifs is 1. The van der Waals surface area contributed by atoms with Crippen molar-refractivity contribution < 1.29 is 4.79 Å². The number of carbonyl (C=O) groups excluding carboxylic acids is 1. The summed E-state index contributed by atoms with van der Waals surface area (Å²) in [5.74, 6) is 0.382. The van der Waals surface area contributed by atoms with Gasteiger partial charge >= 0.3 is 0 Å². The second-order valence-electron chi connectivity index (χ2n) is 5.35. The average molecular weight is 278 g/mol. The molecule has 3 N–H and O–H groups in total. The third-order valence-corrected chi connectivity index (χ3v) is 3.82. The van der Waals surface area contributed by atoms with Crippen LogP contribution in [0.4, 0.5) is 5.69 Å². The maximum atomic E-state index is 11.8. The average Bonchev–Trinajstić information content (AvgIpc) is 2.46. The van der Waals surface area contributed by atoms with E-state index in [9.17, 15) is 4.79 Å². The van der Waals surface area contributed by atoms with Gasteiger partial charge in [-0.3, -0.25) is 4.79 Å². The summed E-state index contributed by atoms with van der Waals surface area (Å²) in [6, 6.07) is 15.8. The van der Waals surface area contributed by atoms with Crippen molar-refractivity contribution in [3.8, 4) is 0 Å². The minimum Gasteiger partial charge on any atom is -0.399 e. The third kappa shape index (κ3) is 3.14. The monoisotopic (exact) mass is 278 g/mol. The lowest BCUT2D eigenvalue weighted by Gasteiger charge is -2.29. The summed E-state index contributed by atoms with van der Waals surface area (Å²) in [7, 11) is 0. The van der Waals surface area contributed by atoms with Crippen molar-refractivity contribution in [2.45, 2.75) is 12.3 Å². The molecule has 2 aromatic rings. The van der Waals surface area contributed by atoms with Crippen molar-refractivity contribution in [1.29, 1.82) is 0 Å². The van der Waals surface area contributed by atoms with Crippen molar-refractivity contribution in [1.82, 2.24) is 5.32 Å². The lowest BCUT2D eigenvalue weighted by Crippen LogP contribution is -2.32. The summed E-state index contributed by atoms with van der Waals surface area (Å²) < 4.78 is 0. The number of nitrogens with one attached hydrogen (secondary N) is 1. The minimum atomic E-state index is -0.0678. The van der Waals surface area contributed by atoms with E-state index in [-0.39, 0.29) is 5.91 Å². The summed E-state index contributed by atoms with van der Waals surface area (Å²) in [5.41, 5.74) is 10.1. The van der Waals surface area contributed by atoms with Gasteiger partial charge in [0.2, 0.25) is 5.91 Å². The van der Waals surface area contributed by atoms with E-state index in [0.29, 0.717) is 18.2 Å². The van der Waals surface area contributed by atoms with E-state index in [0.717, 1.165) is 12.0 Å². The Balaban J connectivity index is 1.52. The Morgan fingerprint density at radius 3 is 2.90 bits per heavy atom. The Morgan fingerprint density at radius 1 is 1.24 bits per heavy atom. The molecule has 0 heterocycles. The quantitative estimate of drug-likeness (QED) is 0.667. The summed E-state index contributed by atoms with van der Waals surface area (Å²) in [5, 5.41) is 2.95. The molecule has 1 aliphatic carbocycles. The molecule has 0 fully saturated rings. The van der Waals surface area contributed by atoms with Crippen LogP contribution in [0.5, 0.6) is 0 Å². The van der Waals surface area contributed by atoms with Gasteiger partial charge in [0.05, 0.1) is 0 Å². The molecule has 0 aliphatic heterocycles. The molecule has 3 rings (SSSR count). The fraction of sp³-hybridized carbons (Fsp3) is 0.167. The van der Waals surface area contributed by atoms with Crippen molar-refractivity contribution in [3.63, 3.8) is 0 Å². The van der Waals surface area contributed by atoms with Crippen LogP contribution < -0.4 is 11.1 Å². The first-order chi connectivity index (χ1) is 10.2. The number of hydrogen-bond acceptors (Lipinski definition) is 2. The van der Waals surface area contributed by atoms with Gasteiger partial charge in [0, 0.05) is 24.2 Å². The lowest BCUT2D eigenvalue weighted by atomic mass is 9.77. The topological polar surface area (TPSA) is 55.1 Å². The molecule has 1 unspecified atom stereocenters. The Kier molecular flexibility index (Phi) is 3.73. The zero-order valence-corrected chi connectivity index (χ0v) is 11.8. The van der Waals surface area contributed by atoms with E-state index in [4.69, 9.17) is 5.73 Å². The van der Waals surface area contributed by atoms with Crippen LogP contribution in [0.25, 0.3) is 6.08 Å². The number of hydrogen-bond donors (Lipinski definition) is 2. The van der Waals surface area contributed by atoms with E-state index >= 15 is 0 Å². The highest BCUT2D eigenvalue weighted by Gasteiger charge is 2.25. The van der Waals surface area contributed by atoms with Gasteiger partial charge in [0.25, 0.3) is 0 Å². The normalized spacial score (nSPS) is 16.3. The van der Waals surface area contributed by atoms with Crippen LogP contribution in [0, 0.1) is 0 Å². The summed E-state index contributed by atoms with van der Waals surface area (Å²) in [6.07, 6.45) is 4.38. The highest BCUT2D eigenvalue weighted by Crippen LogP contribution is 2.33. The predicted octanol–water partition coefficient (Wildman–Crippen LogP) is 2.74. The Morgan fingerprint density at radius 2 is 2.10 bits per heavy atom. The van der Waals surface area contributed by atoms with E-state index in [1.165, 1.54) is 11.1 Å². The largest absolute Gasteiger partial charge is 0.399 e. The number of nitrogen functional groups attached to an aromatic ring is 1. The Hall–Kier alpha value is -2.55. The maximum absolute atomic E-state index is 11.8. The molecule has 0 bridgehead atoms.